The van der Waals surface area contributed by atoms with Crippen molar-refractivity contribution in [3.05, 3.63) is 78.5 Å². The average molecular weight is 320 g/mol. The molecule has 0 heterocycles. The van der Waals surface area contributed by atoms with Crippen molar-refractivity contribution in [2.24, 2.45) is 0 Å². The van der Waals surface area contributed by atoms with Crippen molar-refractivity contribution in [2.75, 3.05) is 10.2 Å². The van der Waals surface area contributed by atoms with E-state index >= 15 is 0 Å². The summed E-state index contributed by atoms with van der Waals surface area (Å²) in [5.74, 6) is 0. The molecule has 0 radical (unpaired) electrons. The van der Waals surface area contributed by atoms with Gasteiger partial charge in [-0.15, -0.1) is 0 Å². The number of hydrogen-bond donors (Lipinski definition) is 1. The molecule has 0 aromatic heterocycles. The lowest BCUT2D eigenvalue weighted by Crippen LogP contribution is -2.26. The molecule has 0 saturated carbocycles. The summed E-state index contributed by atoms with van der Waals surface area (Å²) in [7, 11) is 0. The molecule has 0 saturated heterocycles. The monoisotopic (exact) mass is 320 g/mol. The Morgan fingerprint density at radius 2 is 1.46 bits per heavy atom. The molecule has 0 amide bonds. The first kappa shape index (κ1) is 17.9. The number of nitrogens with zero attached hydrogens (tertiary/aromatic N) is 1. The molecule has 2 aromatic carbocycles. The minimum atomic E-state index is 0.0556. The van der Waals surface area contributed by atoms with Crippen LogP contribution in [0.2, 0.25) is 0 Å². The topological polar surface area (TPSA) is 15.3 Å². The third kappa shape index (κ3) is 4.76. The van der Waals surface area contributed by atoms with Gasteiger partial charge in [-0.2, -0.15) is 0 Å². The van der Waals surface area contributed by atoms with Crippen LogP contribution < -0.4 is 10.2 Å². The molecule has 0 aliphatic carbocycles. The van der Waals surface area contributed by atoms with Gasteiger partial charge in [-0.3, -0.25) is 0 Å². The van der Waals surface area contributed by atoms with Crippen molar-refractivity contribution in [1.29, 1.82) is 0 Å². The van der Waals surface area contributed by atoms with E-state index in [0.29, 0.717) is 0 Å². The maximum absolute atomic E-state index is 3.51. The van der Waals surface area contributed by atoms with E-state index in [4.69, 9.17) is 0 Å². The van der Waals surface area contributed by atoms with Gasteiger partial charge in [0, 0.05) is 28.3 Å². The third-order valence-corrected chi connectivity index (χ3v) is 3.55. The molecule has 2 rings (SSSR count). The summed E-state index contributed by atoms with van der Waals surface area (Å²) in [6.07, 6.45) is 6.34. The highest BCUT2D eigenvalue weighted by Gasteiger charge is 2.13. The van der Waals surface area contributed by atoms with Crippen LogP contribution in [0, 0.1) is 0 Å². The third-order valence-electron chi connectivity index (χ3n) is 3.55. The maximum atomic E-state index is 3.51. The quantitative estimate of drug-likeness (QED) is 0.631. The van der Waals surface area contributed by atoms with Crippen LogP contribution in [0.25, 0.3) is 0 Å². The van der Waals surface area contributed by atoms with Crippen molar-refractivity contribution in [3.63, 3.8) is 0 Å². The first-order valence-electron chi connectivity index (χ1n) is 8.47. The molecule has 0 spiro atoms. The molecule has 24 heavy (non-hydrogen) atoms. The van der Waals surface area contributed by atoms with Crippen LogP contribution in [-0.2, 0) is 0 Å². The van der Waals surface area contributed by atoms with Gasteiger partial charge in [0.25, 0.3) is 0 Å². The van der Waals surface area contributed by atoms with Gasteiger partial charge in [0.1, 0.15) is 0 Å². The van der Waals surface area contributed by atoms with Crippen LogP contribution >= 0.6 is 0 Å². The van der Waals surface area contributed by atoms with Gasteiger partial charge >= 0.3 is 0 Å². The Morgan fingerprint density at radius 1 is 0.875 bits per heavy atom. The number of nitrogens with one attached hydrogen (secondary N) is 1. The van der Waals surface area contributed by atoms with Gasteiger partial charge in [-0.25, -0.2) is 0 Å². The minimum absolute atomic E-state index is 0.0556. The SMILES string of the molecule is C/C=C\C(=C/C)N(c1ccccc1)c1ccc(NC(C)(C)C)cc1. The Kier molecular flexibility index (Phi) is 5.86. The molecule has 0 unspecified atom stereocenters. The molecule has 0 aliphatic rings. The standard InChI is InChI=1S/C22H28N2/c1-6-11-19(7-2)24(20-12-9-8-10-13-20)21-16-14-18(15-17-21)23-22(3,4)5/h6-17,23H,1-5H3/b11-6-,19-7+. The second-order valence-corrected chi connectivity index (χ2v) is 6.81. The molecule has 2 nitrogen and oxygen atoms in total. The normalized spacial score (nSPS) is 12.5. The molecule has 2 aromatic rings. The summed E-state index contributed by atoms with van der Waals surface area (Å²) in [4.78, 5) is 2.26. The van der Waals surface area contributed by atoms with Crippen molar-refractivity contribution in [3.8, 4) is 0 Å². The fraction of sp³-hybridized carbons (Fsp3) is 0.273. The number of para-hydroxylation sites is 1. The fourth-order valence-corrected chi connectivity index (χ4v) is 2.62. The number of anilines is 3. The van der Waals surface area contributed by atoms with Crippen LogP contribution in [0.15, 0.2) is 78.5 Å². The molecule has 0 atom stereocenters. The minimum Gasteiger partial charge on any atom is -0.380 e. The molecular formula is C22H28N2. The molecule has 0 fully saturated rings. The van der Waals surface area contributed by atoms with Gasteiger partial charge in [-0.1, -0.05) is 30.4 Å². The molecule has 2 heteroatoms. The Bertz CT molecular complexity index is 689. The molecule has 126 valence electrons. The summed E-state index contributed by atoms with van der Waals surface area (Å²) in [5.41, 5.74) is 4.64. The highest BCUT2D eigenvalue weighted by atomic mass is 15.1. The Hall–Kier alpha value is -2.48. The van der Waals surface area contributed by atoms with Crippen LogP contribution in [-0.4, -0.2) is 5.54 Å². The lowest BCUT2D eigenvalue weighted by molar-refractivity contribution is 0.634. The first-order valence-corrected chi connectivity index (χ1v) is 8.47. The average Bonchev–Trinajstić information content (AvgIpc) is 2.55. The lowest BCUT2D eigenvalue weighted by Gasteiger charge is -2.27. The Labute approximate surface area is 146 Å². The number of rotatable bonds is 5. The first-order chi connectivity index (χ1) is 11.4. The van der Waals surface area contributed by atoms with E-state index in [9.17, 15) is 0 Å². The van der Waals surface area contributed by atoms with Crippen molar-refractivity contribution in [2.45, 2.75) is 40.2 Å². The predicted molar refractivity (Wildman–Crippen MR) is 107 cm³/mol. The van der Waals surface area contributed by atoms with Gasteiger partial charge in [0.05, 0.1) is 0 Å². The zero-order valence-electron chi connectivity index (χ0n) is 15.4. The van der Waals surface area contributed by atoms with E-state index in [1.54, 1.807) is 0 Å². The molecule has 0 aliphatic heterocycles. The van der Waals surface area contributed by atoms with Gasteiger partial charge in [0.15, 0.2) is 0 Å². The zero-order chi connectivity index (χ0) is 17.6. The Balaban J connectivity index is 2.41. The van der Waals surface area contributed by atoms with Gasteiger partial charge in [-0.05, 0) is 77.1 Å². The van der Waals surface area contributed by atoms with Crippen LogP contribution in [0.5, 0.6) is 0 Å². The molecule has 0 bridgehead atoms. The van der Waals surface area contributed by atoms with Crippen molar-refractivity contribution < 1.29 is 0 Å². The van der Waals surface area contributed by atoms with Crippen LogP contribution in [0.4, 0.5) is 17.1 Å². The lowest BCUT2D eigenvalue weighted by atomic mass is 10.1. The van der Waals surface area contributed by atoms with Crippen LogP contribution in [0.1, 0.15) is 34.6 Å². The summed E-state index contributed by atoms with van der Waals surface area (Å²) in [6, 6.07) is 19.0. The number of hydrogen-bond acceptors (Lipinski definition) is 2. The van der Waals surface area contributed by atoms with Crippen LogP contribution in [0.3, 0.4) is 0 Å². The predicted octanol–water partition coefficient (Wildman–Crippen LogP) is 6.52. The zero-order valence-corrected chi connectivity index (χ0v) is 15.4. The fourth-order valence-electron chi connectivity index (χ4n) is 2.62. The highest BCUT2D eigenvalue weighted by Crippen LogP contribution is 2.31. The number of allylic oxidation sites excluding steroid dienone is 3. The smallest absolute Gasteiger partial charge is 0.0462 e. The van der Waals surface area contributed by atoms with E-state index in [1.165, 1.54) is 0 Å². The number of benzene rings is 2. The van der Waals surface area contributed by atoms with Crippen molar-refractivity contribution in [1.82, 2.24) is 0 Å². The summed E-state index contributed by atoms with van der Waals surface area (Å²) >= 11 is 0. The van der Waals surface area contributed by atoms with E-state index in [-0.39, 0.29) is 5.54 Å². The van der Waals surface area contributed by atoms with E-state index in [0.717, 1.165) is 22.8 Å². The second kappa shape index (κ2) is 7.87. The van der Waals surface area contributed by atoms with Gasteiger partial charge < -0.3 is 10.2 Å². The molecular weight excluding hydrogens is 292 g/mol. The summed E-state index contributed by atoms with van der Waals surface area (Å²) in [5, 5.41) is 3.51. The summed E-state index contributed by atoms with van der Waals surface area (Å²) in [6.45, 7) is 10.6. The maximum Gasteiger partial charge on any atom is 0.0462 e. The van der Waals surface area contributed by atoms with E-state index in [1.807, 2.05) is 13.0 Å². The second-order valence-electron chi connectivity index (χ2n) is 6.81. The van der Waals surface area contributed by atoms with E-state index < -0.39 is 0 Å². The van der Waals surface area contributed by atoms with Crippen molar-refractivity contribution >= 4 is 17.1 Å². The largest absolute Gasteiger partial charge is 0.380 e. The Morgan fingerprint density at radius 3 is 1.96 bits per heavy atom. The molecule has 1 N–H and O–H groups in total. The summed E-state index contributed by atoms with van der Waals surface area (Å²) < 4.78 is 0. The van der Waals surface area contributed by atoms with E-state index in [2.05, 4.69) is 105 Å². The highest BCUT2D eigenvalue weighted by molar-refractivity contribution is 5.71. The van der Waals surface area contributed by atoms with Gasteiger partial charge in [0.2, 0.25) is 0 Å².